The monoisotopic (exact) mass is 611 g/mol. The van der Waals surface area contributed by atoms with Crippen molar-refractivity contribution in [2.45, 2.75) is 42.9 Å². The van der Waals surface area contributed by atoms with Crippen LogP contribution in [0.25, 0.3) is 0 Å². The van der Waals surface area contributed by atoms with Gasteiger partial charge in [0.1, 0.15) is 15.9 Å². The van der Waals surface area contributed by atoms with Gasteiger partial charge >= 0.3 is 5.97 Å². The molecule has 0 amide bonds. The maximum absolute atomic E-state index is 12.6. The summed E-state index contributed by atoms with van der Waals surface area (Å²) in [6.45, 7) is 0. The SMILES string of the molecule is O=C(Oc1cccc(I)c1I)c1ccc(S(=O)(=O)[O-])c(C2CCCCC2)c1. The standard InChI is InChI=1S/C19H18I2O5S/c20-15-7-4-8-16(18(15)21)26-19(22)13-9-10-17(27(23,24)25)14(11-13)12-5-2-1-3-6-12/h4,7-12H,1-3,5-6H2,(H,23,24,25)/p-1. The van der Waals surface area contributed by atoms with Crippen molar-refractivity contribution in [2.24, 2.45) is 0 Å². The highest BCUT2D eigenvalue weighted by atomic mass is 127. The van der Waals surface area contributed by atoms with Crippen LogP contribution in [0.3, 0.4) is 0 Å². The Morgan fingerprint density at radius 1 is 1.07 bits per heavy atom. The highest BCUT2D eigenvalue weighted by Gasteiger charge is 2.23. The first-order valence-electron chi connectivity index (χ1n) is 8.53. The van der Waals surface area contributed by atoms with E-state index in [2.05, 4.69) is 45.2 Å². The Labute approximate surface area is 185 Å². The zero-order chi connectivity index (χ0) is 19.6. The van der Waals surface area contributed by atoms with Crippen molar-refractivity contribution in [1.29, 1.82) is 0 Å². The van der Waals surface area contributed by atoms with Crippen molar-refractivity contribution < 1.29 is 22.5 Å². The summed E-state index contributed by atoms with van der Waals surface area (Å²) in [5, 5.41) is 0. The van der Waals surface area contributed by atoms with Crippen LogP contribution in [0.1, 0.15) is 53.9 Å². The van der Waals surface area contributed by atoms with Gasteiger partial charge < -0.3 is 9.29 Å². The van der Waals surface area contributed by atoms with Crippen molar-refractivity contribution in [1.82, 2.24) is 0 Å². The van der Waals surface area contributed by atoms with E-state index >= 15 is 0 Å². The molecule has 2 aromatic rings. The lowest BCUT2D eigenvalue weighted by Crippen LogP contribution is -2.15. The second kappa shape index (κ2) is 8.75. The van der Waals surface area contributed by atoms with Gasteiger partial charge in [-0.25, -0.2) is 13.2 Å². The largest absolute Gasteiger partial charge is 0.744 e. The zero-order valence-corrected chi connectivity index (χ0v) is 19.4. The fourth-order valence-electron chi connectivity index (χ4n) is 3.36. The molecule has 0 aliphatic heterocycles. The van der Waals surface area contributed by atoms with Crippen LogP contribution < -0.4 is 4.74 Å². The van der Waals surface area contributed by atoms with Crippen LogP contribution in [0.4, 0.5) is 0 Å². The molecule has 0 aromatic heterocycles. The van der Waals surface area contributed by atoms with Crippen molar-refractivity contribution in [3.05, 3.63) is 54.7 Å². The van der Waals surface area contributed by atoms with Crippen LogP contribution in [0.15, 0.2) is 41.3 Å². The van der Waals surface area contributed by atoms with Crippen LogP contribution in [0.2, 0.25) is 0 Å². The molecule has 1 aliphatic carbocycles. The normalized spacial score (nSPS) is 15.5. The third kappa shape index (κ3) is 5.01. The van der Waals surface area contributed by atoms with Crippen LogP contribution in [-0.4, -0.2) is 18.9 Å². The second-order valence-corrected chi connectivity index (χ2v) is 10.1. The molecule has 8 heteroatoms. The maximum Gasteiger partial charge on any atom is 0.343 e. The molecule has 0 saturated heterocycles. The second-order valence-electron chi connectivity index (χ2n) is 6.48. The minimum atomic E-state index is -4.60. The topological polar surface area (TPSA) is 83.5 Å². The molecule has 2 aromatic carbocycles. The summed E-state index contributed by atoms with van der Waals surface area (Å²) in [6.07, 6.45) is 4.70. The van der Waals surface area contributed by atoms with E-state index in [9.17, 15) is 17.8 Å². The Balaban J connectivity index is 1.96. The number of carbonyl (C=O) groups is 1. The Kier molecular flexibility index (Phi) is 6.80. The Hall–Kier alpha value is -0.720. The number of ether oxygens (including phenoxy) is 1. The van der Waals surface area contributed by atoms with E-state index < -0.39 is 16.1 Å². The number of hydrogen-bond donors (Lipinski definition) is 0. The highest BCUT2D eigenvalue weighted by molar-refractivity contribution is 14.1. The summed E-state index contributed by atoms with van der Waals surface area (Å²) in [6, 6.07) is 9.52. The van der Waals surface area contributed by atoms with Crippen LogP contribution in [0, 0.1) is 7.14 Å². The molecule has 1 saturated carbocycles. The minimum Gasteiger partial charge on any atom is -0.744 e. The minimum absolute atomic E-state index is 0.0250. The average Bonchev–Trinajstić information content (AvgIpc) is 2.65. The van der Waals surface area contributed by atoms with Crippen LogP contribution >= 0.6 is 45.2 Å². The van der Waals surface area contributed by atoms with Gasteiger partial charge in [-0.1, -0.05) is 25.3 Å². The van der Waals surface area contributed by atoms with Gasteiger partial charge in [-0.2, -0.15) is 0 Å². The van der Waals surface area contributed by atoms with Gasteiger partial charge in [-0.15, -0.1) is 0 Å². The van der Waals surface area contributed by atoms with E-state index in [1.165, 1.54) is 18.2 Å². The van der Waals surface area contributed by atoms with E-state index in [-0.39, 0.29) is 16.4 Å². The van der Waals surface area contributed by atoms with Gasteiger partial charge in [0.2, 0.25) is 0 Å². The summed E-state index contributed by atoms with van der Waals surface area (Å²) >= 11 is 4.27. The first-order chi connectivity index (χ1) is 12.8. The smallest absolute Gasteiger partial charge is 0.343 e. The molecule has 3 rings (SSSR count). The Morgan fingerprint density at radius 3 is 2.44 bits per heavy atom. The summed E-state index contributed by atoms with van der Waals surface area (Å²) in [7, 11) is -4.60. The third-order valence-corrected chi connectivity index (χ3v) is 8.63. The molecular weight excluding hydrogens is 594 g/mol. The number of carbonyl (C=O) groups excluding carboxylic acids is 1. The predicted octanol–water partition coefficient (Wildman–Crippen LogP) is 5.07. The molecule has 1 aliphatic rings. The molecular formula is C19H17I2O5S-. The van der Waals surface area contributed by atoms with E-state index in [1.54, 1.807) is 12.1 Å². The first-order valence-corrected chi connectivity index (χ1v) is 12.1. The van der Waals surface area contributed by atoms with Crippen molar-refractivity contribution >= 4 is 61.3 Å². The van der Waals surface area contributed by atoms with Crippen LogP contribution in [0.5, 0.6) is 5.75 Å². The molecule has 0 unspecified atom stereocenters. The number of benzene rings is 2. The van der Waals surface area contributed by atoms with Gasteiger partial charge in [0, 0.05) is 3.57 Å². The molecule has 0 atom stereocenters. The number of esters is 1. The van der Waals surface area contributed by atoms with E-state index in [4.69, 9.17) is 4.74 Å². The van der Waals surface area contributed by atoms with Crippen molar-refractivity contribution in [3.63, 3.8) is 0 Å². The molecule has 144 valence electrons. The highest BCUT2D eigenvalue weighted by Crippen LogP contribution is 2.36. The van der Waals surface area contributed by atoms with Gasteiger partial charge in [-0.05, 0) is 99.8 Å². The summed E-state index contributed by atoms with van der Waals surface area (Å²) in [5.41, 5.74) is 0.689. The molecule has 5 nitrogen and oxygen atoms in total. The zero-order valence-electron chi connectivity index (χ0n) is 14.3. The Morgan fingerprint density at radius 2 is 1.78 bits per heavy atom. The molecule has 0 spiro atoms. The van der Waals surface area contributed by atoms with Gasteiger partial charge in [0.05, 0.1) is 14.0 Å². The third-order valence-electron chi connectivity index (χ3n) is 4.68. The molecule has 0 N–H and O–H groups in total. The van der Waals surface area contributed by atoms with Gasteiger partial charge in [0.15, 0.2) is 0 Å². The predicted molar refractivity (Wildman–Crippen MR) is 117 cm³/mol. The van der Waals surface area contributed by atoms with E-state index in [0.29, 0.717) is 11.3 Å². The van der Waals surface area contributed by atoms with Gasteiger partial charge in [0.25, 0.3) is 0 Å². The fraction of sp³-hybridized carbons (Fsp3) is 0.316. The quantitative estimate of drug-likeness (QED) is 0.209. The maximum atomic E-state index is 12.6. The van der Waals surface area contributed by atoms with E-state index in [1.807, 2.05) is 6.07 Å². The van der Waals surface area contributed by atoms with Crippen LogP contribution in [-0.2, 0) is 10.1 Å². The summed E-state index contributed by atoms with van der Waals surface area (Å²) < 4.78 is 42.3. The number of rotatable bonds is 4. The molecule has 0 radical (unpaired) electrons. The van der Waals surface area contributed by atoms with Crippen molar-refractivity contribution in [3.8, 4) is 5.75 Å². The number of halogens is 2. The molecule has 0 bridgehead atoms. The molecule has 1 fully saturated rings. The first kappa shape index (κ1) is 21.0. The lowest BCUT2D eigenvalue weighted by Gasteiger charge is -2.25. The molecule has 27 heavy (non-hydrogen) atoms. The lowest BCUT2D eigenvalue weighted by molar-refractivity contribution is 0.0733. The van der Waals surface area contributed by atoms with Crippen molar-refractivity contribution in [2.75, 3.05) is 0 Å². The molecule has 0 heterocycles. The Bertz CT molecular complexity index is 966. The van der Waals surface area contributed by atoms with E-state index in [0.717, 1.165) is 39.2 Å². The fourth-order valence-corrected chi connectivity index (χ4v) is 5.05. The number of hydrogen-bond acceptors (Lipinski definition) is 5. The summed E-state index contributed by atoms with van der Waals surface area (Å²) in [5.74, 6) is -0.142. The summed E-state index contributed by atoms with van der Waals surface area (Å²) in [4.78, 5) is 12.4. The lowest BCUT2D eigenvalue weighted by atomic mass is 9.83. The average molecular weight is 611 g/mol. The van der Waals surface area contributed by atoms with Gasteiger partial charge in [-0.3, -0.25) is 0 Å².